The summed E-state index contributed by atoms with van der Waals surface area (Å²) in [6, 6.07) is 0.0899. The van der Waals surface area contributed by atoms with Gasteiger partial charge in [0.2, 0.25) is 5.91 Å². The maximum Gasteiger partial charge on any atom is 0.305 e. The predicted molar refractivity (Wildman–Crippen MR) is 60.9 cm³/mol. The number of likely N-dealkylation sites (tertiary alicyclic amines) is 1. The van der Waals surface area contributed by atoms with Gasteiger partial charge < -0.3 is 9.64 Å². The topological polar surface area (TPSA) is 46.6 Å². The van der Waals surface area contributed by atoms with Gasteiger partial charge in [-0.05, 0) is 25.7 Å². The van der Waals surface area contributed by atoms with Crippen LogP contribution >= 0.6 is 0 Å². The van der Waals surface area contributed by atoms with Gasteiger partial charge in [0.15, 0.2) is 0 Å². The molecule has 0 unspecified atom stereocenters. The first-order chi connectivity index (χ1) is 7.65. The molecular weight excluding hydrogens is 206 g/mol. The number of piperidine rings is 1. The number of ether oxygens (including phenoxy) is 1. The van der Waals surface area contributed by atoms with Gasteiger partial charge in [0.05, 0.1) is 6.04 Å². The maximum atomic E-state index is 11.4. The average molecular weight is 227 g/mol. The Morgan fingerprint density at radius 2 is 2.12 bits per heavy atom. The van der Waals surface area contributed by atoms with Gasteiger partial charge in [-0.1, -0.05) is 6.92 Å². The Balaban J connectivity index is 2.38. The van der Waals surface area contributed by atoms with E-state index in [0.717, 1.165) is 32.2 Å². The van der Waals surface area contributed by atoms with Crippen LogP contribution in [-0.2, 0) is 14.3 Å². The molecule has 1 aliphatic rings. The molecule has 92 valence electrons. The lowest BCUT2D eigenvalue weighted by atomic mass is 10.0. The summed E-state index contributed by atoms with van der Waals surface area (Å²) < 4.78 is 5.17. The van der Waals surface area contributed by atoms with Crippen LogP contribution in [0, 0.1) is 0 Å². The monoisotopic (exact) mass is 227 g/mol. The minimum absolute atomic E-state index is 0.0799. The number of amides is 1. The second kappa shape index (κ2) is 6.51. The van der Waals surface area contributed by atoms with Crippen LogP contribution in [0.2, 0.25) is 0 Å². The predicted octanol–water partition coefficient (Wildman–Crippen LogP) is 1.73. The van der Waals surface area contributed by atoms with Crippen LogP contribution in [0.1, 0.15) is 46.0 Å². The molecule has 0 aromatic heterocycles. The number of rotatable bonds is 4. The Bertz CT molecular complexity index is 253. The summed E-state index contributed by atoms with van der Waals surface area (Å²) in [6.45, 7) is 4.68. The van der Waals surface area contributed by atoms with Gasteiger partial charge in [-0.2, -0.15) is 0 Å². The number of hydrogen-bond acceptors (Lipinski definition) is 3. The van der Waals surface area contributed by atoms with Crippen LogP contribution in [-0.4, -0.2) is 36.0 Å². The molecule has 1 aliphatic heterocycles. The lowest BCUT2D eigenvalue weighted by Gasteiger charge is -2.34. The molecule has 1 fully saturated rings. The lowest BCUT2D eigenvalue weighted by Crippen LogP contribution is -2.45. The van der Waals surface area contributed by atoms with Crippen LogP contribution in [0.25, 0.3) is 0 Å². The van der Waals surface area contributed by atoms with Crippen LogP contribution in [0.4, 0.5) is 0 Å². The molecule has 1 heterocycles. The van der Waals surface area contributed by atoms with Gasteiger partial charge >= 0.3 is 5.97 Å². The highest BCUT2D eigenvalue weighted by atomic mass is 16.5. The van der Waals surface area contributed by atoms with E-state index >= 15 is 0 Å². The zero-order valence-electron chi connectivity index (χ0n) is 10.2. The van der Waals surface area contributed by atoms with E-state index in [2.05, 4.69) is 0 Å². The van der Waals surface area contributed by atoms with Gasteiger partial charge in [0, 0.05) is 19.9 Å². The molecule has 4 heteroatoms. The summed E-state index contributed by atoms with van der Waals surface area (Å²) in [5.74, 6) is -0.0761. The third-order valence-electron chi connectivity index (χ3n) is 2.92. The minimum atomic E-state index is -0.156. The number of carbonyl (C=O) groups excluding carboxylic acids is 2. The van der Waals surface area contributed by atoms with E-state index in [4.69, 9.17) is 4.74 Å². The highest BCUT2D eigenvalue weighted by molar-refractivity contribution is 5.74. The normalized spacial score (nSPS) is 20.6. The first kappa shape index (κ1) is 13.0. The Morgan fingerprint density at radius 1 is 1.38 bits per heavy atom. The second-order valence-corrected chi connectivity index (χ2v) is 4.30. The first-order valence-corrected chi connectivity index (χ1v) is 6.08. The summed E-state index contributed by atoms with van der Waals surface area (Å²) in [5, 5.41) is 0. The summed E-state index contributed by atoms with van der Waals surface area (Å²) in [5.41, 5.74) is 0. The molecular formula is C12H21NO3. The van der Waals surface area contributed by atoms with Gasteiger partial charge in [-0.3, -0.25) is 9.59 Å². The zero-order chi connectivity index (χ0) is 12.0. The van der Waals surface area contributed by atoms with Gasteiger partial charge in [0.25, 0.3) is 0 Å². The van der Waals surface area contributed by atoms with Gasteiger partial charge in [-0.15, -0.1) is 0 Å². The molecule has 0 saturated carbocycles. The third-order valence-corrected chi connectivity index (χ3v) is 2.92. The molecule has 0 bridgehead atoms. The summed E-state index contributed by atoms with van der Waals surface area (Å²) in [4.78, 5) is 24.4. The lowest BCUT2D eigenvalue weighted by molar-refractivity contribution is -0.149. The van der Waals surface area contributed by atoms with Crippen molar-refractivity contribution in [2.75, 3.05) is 13.2 Å². The van der Waals surface area contributed by atoms with Crippen LogP contribution < -0.4 is 0 Å². The fourth-order valence-corrected chi connectivity index (χ4v) is 2.05. The largest absolute Gasteiger partial charge is 0.463 e. The number of nitrogens with zero attached hydrogens (tertiary/aromatic N) is 1. The van der Waals surface area contributed by atoms with E-state index < -0.39 is 0 Å². The van der Waals surface area contributed by atoms with Gasteiger partial charge in [0.1, 0.15) is 6.61 Å². The number of carbonyl (C=O) groups is 2. The maximum absolute atomic E-state index is 11.4. The molecule has 0 radical (unpaired) electrons. The van der Waals surface area contributed by atoms with E-state index in [0.29, 0.717) is 13.0 Å². The molecule has 0 aromatic rings. The SMILES string of the molecule is CCCC(=O)OC[C@@H]1CCCCN1C(C)=O. The number of hydrogen-bond donors (Lipinski definition) is 0. The van der Waals surface area contributed by atoms with Crippen LogP contribution in [0.15, 0.2) is 0 Å². The molecule has 0 N–H and O–H groups in total. The molecule has 0 aliphatic carbocycles. The smallest absolute Gasteiger partial charge is 0.305 e. The van der Waals surface area contributed by atoms with Crippen molar-refractivity contribution in [3.05, 3.63) is 0 Å². The van der Waals surface area contributed by atoms with E-state index in [9.17, 15) is 9.59 Å². The molecule has 1 rings (SSSR count). The van der Waals surface area contributed by atoms with Crippen molar-refractivity contribution < 1.29 is 14.3 Å². The molecule has 1 amide bonds. The highest BCUT2D eigenvalue weighted by Crippen LogP contribution is 2.17. The average Bonchev–Trinajstić information content (AvgIpc) is 2.27. The molecule has 4 nitrogen and oxygen atoms in total. The quantitative estimate of drug-likeness (QED) is 0.687. The van der Waals surface area contributed by atoms with E-state index in [1.165, 1.54) is 0 Å². The Kier molecular flexibility index (Phi) is 5.29. The van der Waals surface area contributed by atoms with Crippen LogP contribution in [0.5, 0.6) is 0 Å². The number of esters is 1. The van der Waals surface area contributed by atoms with E-state index in [-0.39, 0.29) is 17.9 Å². The Hall–Kier alpha value is -1.06. The van der Waals surface area contributed by atoms with E-state index in [1.807, 2.05) is 11.8 Å². The van der Waals surface area contributed by atoms with Crippen molar-refractivity contribution in [2.24, 2.45) is 0 Å². The van der Waals surface area contributed by atoms with Crippen molar-refractivity contribution in [1.29, 1.82) is 0 Å². The Morgan fingerprint density at radius 3 is 2.75 bits per heavy atom. The van der Waals surface area contributed by atoms with Crippen molar-refractivity contribution in [3.8, 4) is 0 Å². The fourth-order valence-electron chi connectivity index (χ4n) is 2.05. The van der Waals surface area contributed by atoms with Crippen molar-refractivity contribution in [2.45, 2.75) is 52.0 Å². The third kappa shape index (κ3) is 3.83. The molecule has 1 atom stereocenters. The fraction of sp³-hybridized carbons (Fsp3) is 0.833. The second-order valence-electron chi connectivity index (χ2n) is 4.30. The van der Waals surface area contributed by atoms with Crippen molar-refractivity contribution in [1.82, 2.24) is 4.90 Å². The van der Waals surface area contributed by atoms with Gasteiger partial charge in [-0.25, -0.2) is 0 Å². The molecule has 1 saturated heterocycles. The minimum Gasteiger partial charge on any atom is -0.463 e. The van der Waals surface area contributed by atoms with E-state index in [1.54, 1.807) is 6.92 Å². The van der Waals surface area contributed by atoms with Crippen LogP contribution in [0.3, 0.4) is 0 Å². The molecule has 0 aromatic carbocycles. The molecule has 16 heavy (non-hydrogen) atoms. The van der Waals surface area contributed by atoms with Crippen molar-refractivity contribution in [3.63, 3.8) is 0 Å². The highest BCUT2D eigenvalue weighted by Gasteiger charge is 2.25. The molecule has 0 spiro atoms. The Labute approximate surface area is 96.9 Å². The summed E-state index contributed by atoms with van der Waals surface area (Å²) in [6.07, 6.45) is 4.38. The standard InChI is InChI=1S/C12H21NO3/c1-3-6-12(15)16-9-11-7-4-5-8-13(11)10(2)14/h11H,3-9H2,1-2H3/t11-/m0/s1. The summed E-state index contributed by atoms with van der Waals surface area (Å²) in [7, 11) is 0. The van der Waals surface area contributed by atoms with Crippen molar-refractivity contribution >= 4 is 11.9 Å². The zero-order valence-corrected chi connectivity index (χ0v) is 10.2. The first-order valence-electron chi connectivity index (χ1n) is 6.08. The summed E-state index contributed by atoms with van der Waals surface area (Å²) >= 11 is 0.